The van der Waals surface area contributed by atoms with Crippen molar-refractivity contribution in [1.29, 1.82) is 0 Å². The van der Waals surface area contributed by atoms with E-state index >= 15 is 0 Å². The highest BCUT2D eigenvalue weighted by atomic mass is 32.1. The Kier molecular flexibility index (Phi) is 5.02. The first-order valence-corrected chi connectivity index (χ1v) is 8.50. The van der Waals surface area contributed by atoms with E-state index in [0.29, 0.717) is 25.3 Å². The first-order chi connectivity index (χ1) is 11.2. The van der Waals surface area contributed by atoms with E-state index in [2.05, 4.69) is 4.98 Å². The number of nitrogens with zero attached hydrogens (tertiary/aromatic N) is 2. The van der Waals surface area contributed by atoms with Gasteiger partial charge in [-0.2, -0.15) is 0 Å². The minimum Gasteiger partial charge on any atom is -0.460 e. The fourth-order valence-corrected chi connectivity index (χ4v) is 3.30. The van der Waals surface area contributed by atoms with Crippen molar-refractivity contribution in [2.24, 2.45) is 5.92 Å². The molecule has 23 heavy (non-hydrogen) atoms. The van der Waals surface area contributed by atoms with Crippen LogP contribution in [-0.2, 0) is 16.1 Å². The second kappa shape index (κ2) is 7.37. The molecule has 0 radical (unpaired) electrons. The average Bonchev–Trinajstić information content (AvgIpc) is 3.13. The first kappa shape index (κ1) is 15.7. The summed E-state index contributed by atoms with van der Waals surface area (Å²) in [7, 11) is 0. The largest absolute Gasteiger partial charge is 0.460 e. The Morgan fingerprint density at radius 2 is 2.13 bits per heavy atom. The van der Waals surface area contributed by atoms with Gasteiger partial charge in [0.25, 0.3) is 5.91 Å². The number of esters is 1. The van der Waals surface area contributed by atoms with Crippen molar-refractivity contribution in [2.75, 3.05) is 13.1 Å². The number of rotatable bonds is 4. The Labute approximate surface area is 138 Å². The molecule has 1 atom stereocenters. The Hall–Kier alpha value is -2.21. The van der Waals surface area contributed by atoms with E-state index in [0.717, 1.165) is 17.7 Å². The van der Waals surface area contributed by atoms with Gasteiger partial charge < -0.3 is 9.64 Å². The molecular weight excluding hydrogens is 312 g/mol. The van der Waals surface area contributed by atoms with Gasteiger partial charge in [-0.1, -0.05) is 6.07 Å². The summed E-state index contributed by atoms with van der Waals surface area (Å²) in [5.74, 6) is -0.511. The number of carbonyl (C=O) groups is 2. The zero-order valence-corrected chi connectivity index (χ0v) is 13.5. The van der Waals surface area contributed by atoms with Crippen LogP contribution in [0.25, 0.3) is 0 Å². The lowest BCUT2D eigenvalue weighted by Gasteiger charge is -2.31. The minimum absolute atomic E-state index is 0.0526. The molecular formula is C17H18N2O3S. The predicted molar refractivity (Wildman–Crippen MR) is 87.0 cm³/mol. The van der Waals surface area contributed by atoms with Gasteiger partial charge in [0.05, 0.1) is 5.92 Å². The van der Waals surface area contributed by atoms with Gasteiger partial charge >= 0.3 is 5.97 Å². The van der Waals surface area contributed by atoms with Gasteiger partial charge in [0.1, 0.15) is 6.61 Å². The van der Waals surface area contributed by atoms with Crippen LogP contribution in [0.4, 0.5) is 0 Å². The van der Waals surface area contributed by atoms with Crippen molar-refractivity contribution < 1.29 is 14.3 Å². The van der Waals surface area contributed by atoms with Crippen LogP contribution in [-0.4, -0.2) is 34.8 Å². The van der Waals surface area contributed by atoms with Crippen molar-refractivity contribution in [3.05, 3.63) is 52.5 Å². The van der Waals surface area contributed by atoms with Crippen LogP contribution in [0.1, 0.15) is 28.1 Å². The fraction of sp³-hybridized carbons (Fsp3) is 0.353. The Balaban J connectivity index is 1.57. The average molecular weight is 330 g/mol. The lowest BCUT2D eigenvalue weighted by molar-refractivity contribution is -0.151. The lowest BCUT2D eigenvalue weighted by atomic mass is 9.97. The van der Waals surface area contributed by atoms with E-state index in [1.54, 1.807) is 40.8 Å². The third kappa shape index (κ3) is 3.96. The quantitative estimate of drug-likeness (QED) is 0.809. The number of thiophene rings is 1. The van der Waals surface area contributed by atoms with Gasteiger partial charge in [-0.15, -0.1) is 11.3 Å². The normalized spacial score (nSPS) is 17.7. The molecule has 1 fully saturated rings. The van der Waals surface area contributed by atoms with E-state index in [1.807, 2.05) is 17.5 Å². The molecule has 0 saturated carbocycles. The lowest BCUT2D eigenvalue weighted by Crippen LogP contribution is -2.42. The summed E-state index contributed by atoms with van der Waals surface area (Å²) >= 11 is 1.57. The van der Waals surface area contributed by atoms with Crippen LogP contribution in [0, 0.1) is 5.92 Å². The number of ether oxygens (including phenoxy) is 1. The Bertz CT molecular complexity index is 658. The Morgan fingerprint density at radius 1 is 1.30 bits per heavy atom. The van der Waals surface area contributed by atoms with Crippen molar-refractivity contribution in [3.8, 4) is 0 Å². The molecule has 2 aromatic heterocycles. The number of likely N-dealkylation sites (tertiary alicyclic amines) is 1. The highest BCUT2D eigenvalue weighted by Gasteiger charge is 2.30. The molecule has 0 bridgehead atoms. The summed E-state index contributed by atoms with van der Waals surface area (Å²) in [4.78, 5) is 31.4. The predicted octanol–water partition coefficient (Wildman–Crippen LogP) is 2.74. The number of pyridine rings is 1. The number of aromatic nitrogens is 1. The van der Waals surface area contributed by atoms with Crippen molar-refractivity contribution in [3.63, 3.8) is 0 Å². The van der Waals surface area contributed by atoms with Gasteiger partial charge in [0, 0.05) is 35.9 Å². The van der Waals surface area contributed by atoms with Gasteiger partial charge in [-0.05, 0) is 36.4 Å². The van der Waals surface area contributed by atoms with Crippen LogP contribution < -0.4 is 0 Å². The minimum atomic E-state index is -0.241. The second-order valence-corrected chi connectivity index (χ2v) is 6.55. The number of hydrogen-bond acceptors (Lipinski definition) is 5. The molecule has 0 unspecified atom stereocenters. The SMILES string of the molecule is O=C(OCc1cccs1)[C@@H]1CCCN(C(=O)c2ccncc2)C1. The van der Waals surface area contributed by atoms with E-state index in [9.17, 15) is 9.59 Å². The monoisotopic (exact) mass is 330 g/mol. The van der Waals surface area contributed by atoms with Gasteiger partial charge in [-0.3, -0.25) is 14.6 Å². The zero-order valence-electron chi connectivity index (χ0n) is 12.7. The summed E-state index contributed by atoms with van der Waals surface area (Å²) in [6, 6.07) is 7.27. The third-order valence-corrected chi connectivity index (χ3v) is 4.76. The molecule has 3 heterocycles. The molecule has 6 heteroatoms. The summed E-state index contributed by atoms with van der Waals surface area (Å²) in [6.45, 7) is 1.41. The number of piperidine rings is 1. The molecule has 120 valence electrons. The molecule has 0 N–H and O–H groups in total. The highest BCUT2D eigenvalue weighted by molar-refractivity contribution is 7.09. The molecule has 0 aliphatic carbocycles. The summed E-state index contributed by atoms with van der Waals surface area (Å²) in [5, 5.41) is 1.96. The number of carbonyl (C=O) groups excluding carboxylic acids is 2. The van der Waals surface area contributed by atoms with Gasteiger partial charge in [-0.25, -0.2) is 0 Å². The maximum Gasteiger partial charge on any atom is 0.311 e. The van der Waals surface area contributed by atoms with E-state index < -0.39 is 0 Å². The van der Waals surface area contributed by atoms with Gasteiger partial charge in [0.15, 0.2) is 0 Å². The molecule has 2 aromatic rings. The molecule has 0 aromatic carbocycles. The highest BCUT2D eigenvalue weighted by Crippen LogP contribution is 2.21. The molecule has 5 nitrogen and oxygen atoms in total. The standard InChI is InChI=1S/C17H18N2O3S/c20-16(13-5-7-18-8-6-13)19-9-1-3-14(11-19)17(21)22-12-15-4-2-10-23-15/h2,4-8,10,14H,1,3,9,11-12H2/t14-/m1/s1. The van der Waals surface area contributed by atoms with Crippen LogP contribution in [0.5, 0.6) is 0 Å². The molecule has 1 amide bonds. The van der Waals surface area contributed by atoms with Crippen molar-refractivity contribution in [1.82, 2.24) is 9.88 Å². The smallest absolute Gasteiger partial charge is 0.311 e. The molecule has 1 aliphatic heterocycles. The van der Waals surface area contributed by atoms with Crippen LogP contribution in [0.3, 0.4) is 0 Å². The second-order valence-electron chi connectivity index (χ2n) is 5.51. The topological polar surface area (TPSA) is 59.5 Å². The van der Waals surface area contributed by atoms with Crippen LogP contribution in [0.15, 0.2) is 42.0 Å². The van der Waals surface area contributed by atoms with Crippen LogP contribution >= 0.6 is 11.3 Å². The van der Waals surface area contributed by atoms with E-state index in [-0.39, 0.29) is 17.8 Å². The number of amides is 1. The zero-order chi connectivity index (χ0) is 16.1. The van der Waals surface area contributed by atoms with E-state index in [1.165, 1.54) is 0 Å². The van der Waals surface area contributed by atoms with Crippen LogP contribution in [0.2, 0.25) is 0 Å². The first-order valence-electron chi connectivity index (χ1n) is 7.62. The number of hydrogen-bond donors (Lipinski definition) is 0. The fourth-order valence-electron chi connectivity index (χ4n) is 2.69. The maximum absolute atomic E-state index is 12.5. The van der Waals surface area contributed by atoms with Crippen molar-refractivity contribution >= 4 is 23.2 Å². The summed E-state index contributed by atoms with van der Waals surface area (Å²) < 4.78 is 5.38. The van der Waals surface area contributed by atoms with Gasteiger partial charge in [0.2, 0.25) is 0 Å². The molecule has 1 saturated heterocycles. The summed E-state index contributed by atoms with van der Waals surface area (Å²) in [5.41, 5.74) is 0.604. The maximum atomic E-state index is 12.5. The molecule has 1 aliphatic rings. The summed E-state index contributed by atoms with van der Waals surface area (Å²) in [6.07, 6.45) is 4.78. The van der Waals surface area contributed by atoms with Crippen molar-refractivity contribution in [2.45, 2.75) is 19.4 Å². The third-order valence-electron chi connectivity index (χ3n) is 3.91. The molecule has 0 spiro atoms. The Morgan fingerprint density at radius 3 is 2.87 bits per heavy atom. The van der Waals surface area contributed by atoms with E-state index in [4.69, 9.17) is 4.74 Å². The molecule has 3 rings (SSSR count).